The maximum absolute atomic E-state index is 12.3. The van der Waals surface area contributed by atoms with Crippen LogP contribution in [0.1, 0.15) is 36.7 Å². The summed E-state index contributed by atoms with van der Waals surface area (Å²) in [5, 5.41) is 13.5. The number of likely N-dealkylation sites (tertiary alicyclic amines) is 1. The Kier molecular flexibility index (Phi) is 3.59. The number of piperidine rings is 1. The summed E-state index contributed by atoms with van der Waals surface area (Å²) >= 11 is 0. The van der Waals surface area contributed by atoms with Gasteiger partial charge in [0.2, 0.25) is 0 Å². The number of hydrogen-bond acceptors (Lipinski definition) is 3. The first-order valence-corrected chi connectivity index (χ1v) is 6.51. The Morgan fingerprint density at radius 1 is 1.53 bits per heavy atom. The highest BCUT2D eigenvalue weighted by Crippen LogP contribution is 2.34. The number of aryl methyl sites for hydroxylation is 1. The van der Waals surface area contributed by atoms with Gasteiger partial charge in [-0.15, -0.1) is 0 Å². The fraction of sp³-hybridized carbons (Fsp3) is 0.615. The second kappa shape index (κ2) is 5.03. The van der Waals surface area contributed by atoms with Crippen molar-refractivity contribution >= 4 is 11.9 Å². The molecule has 1 fully saturated rings. The van der Waals surface area contributed by atoms with E-state index in [9.17, 15) is 14.7 Å². The van der Waals surface area contributed by atoms with Crippen LogP contribution in [-0.4, -0.2) is 44.8 Å². The summed E-state index contributed by atoms with van der Waals surface area (Å²) in [7, 11) is 1.75. The van der Waals surface area contributed by atoms with Crippen LogP contribution in [-0.2, 0) is 11.8 Å². The molecule has 1 unspecified atom stereocenters. The van der Waals surface area contributed by atoms with Gasteiger partial charge in [0.05, 0.1) is 5.41 Å². The van der Waals surface area contributed by atoms with Crippen molar-refractivity contribution in [3.8, 4) is 0 Å². The summed E-state index contributed by atoms with van der Waals surface area (Å²) in [5.74, 6) is -0.993. The zero-order valence-corrected chi connectivity index (χ0v) is 11.3. The molecule has 1 amide bonds. The average Bonchev–Trinajstić information content (AvgIpc) is 2.84. The molecule has 2 rings (SSSR count). The zero-order chi connectivity index (χ0) is 14.0. The first kappa shape index (κ1) is 13.6. The predicted molar refractivity (Wildman–Crippen MR) is 68.7 cm³/mol. The summed E-state index contributed by atoms with van der Waals surface area (Å²) in [6, 6.07) is 1.66. The van der Waals surface area contributed by atoms with Gasteiger partial charge < -0.3 is 10.0 Å². The minimum absolute atomic E-state index is 0.181. The van der Waals surface area contributed by atoms with Crippen LogP contribution in [0.25, 0.3) is 0 Å². The van der Waals surface area contributed by atoms with Gasteiger partial charge in [-0.25, -0.2) is 0 Å². The monoisotopic (exact) mass is 265 g/mol. The molecule has 1 saturated heterocycles. The molecule has 0 saturated carbocycles. The van der Waals surface area contributed by atoms with Gasteiger partial charge in [0.25, 0.3) is 5.91 Å². The topological polar surface area (TPSA) is 75.4 Å². The largest absolute Gasteiger partial charge is 0.481 e. The van der Waals surface area contributed by atoms with Gasteiger partial charge in [-0.3, -0.25) is 14.3 Å². The van der Waals surface area contributed by atoms with Crippen molar-refractivity contribution in [2.24, 2.45) is 12.5 Å². The van der Waals surface area contributed by atoms with E-state index in [2.05, 4.69) is 5.10 Å². The van der Waals surface area contributed by atoms with Crippen LogP contribution in [0, 0.1) is 5.41 Å². The molecule has 104 valence electrons. The number of aliphatic carboxylic acids is 1. The number of carbonyl (C=O) groups is 2. The third kappa shape index (κ3) is 2.47. The summed E-state index contributed by atoms with van der Waals surface area (Å²) in [4.78, 5) is 25.4. The van der Waals surface area contributed by atoms with Crippen molar-refractivity contribution in [3.05, 3.63) is 18.0 Å². The average molecular weight is 265 g/mol. The molecule has 2 heterocycles. The van der Waals surface area contributed by atoms with E-state index in [1.807, 2.05) is 6.92 Å². The van der Waals surface area contributed by atoms with E-state index in [1.54, 1.807) is 28.9 Å². The number of carboxylic acid groups (broad SMARTS) is 1. The quantitative estimate of drug-likeness (QED) is 0.889. The van der Waals surface area contributed by atoms with Crippen molar-refractivity contribution < 1.29 is 14.7 Å². The van der Waals surface area contributed by atoms with E-state index in [0.29, 0.717) is 25.1 Å². The van der Waals surface area contributed by atoms with Crippen molar-refractivity contribution in [1.29, 1.82) is 0 Å². The van der Waals surface area contributed by atoms with Crippen LogP contribution in [0.2, 0.25) is 0 Å². The maximum atomic E-state index is 12.3. The molecule has 1 aromatic heterocycles. The number of hydrogen-bond donors (Lipinski definition) is 1. The second-order valence-corrected chi connectivity index (χ2v) is 5.14. The molecular formula is C13H19N3O3. The van der Waals surface area contributed by atoms with Gasteiger partial charge in [0.15, 0.2) is 0 Å². The Labute approximate surface area is 112 Å². The minimum Gasteiger partial charge on any atom is -0.481 e. The third-order valence-electron chi connectivity index (χ3n) is 3.93. The normalized spacial score (nSPS) is 23.4. The molecule has 0 spiro atoms. The minimum atomic E-state index is -0.812. The van der Waals surface area contributed by atoms with Gasteiger partial charge in [-0.05, 0) is 25.3 Å². The summed E-state index contributed by atoms with van der Waals surface area (Å²) in [6.07, 6.45) is 3.60. The lowest BCUT2D eigenvalue weighted by Crippen LogP contribution is -2.49. The van der Waals surface area contributed by atoms with Crippen molar-refractivity contribution in [2.75, 3.05) is 13.1 Å². The van der Waals surface area contributed by atoms with Crippen molar-refractivity contribution in [2.45, 2.75) is 26.2 Å². The summed E-state index contributed by atoms with van der Waals surface area (Å²) < 4.78 is 1.57. The molecule has 1 aliphatic rings. The lowest BCUT2D eigenvalue weighted by molar-refractivity contribution is -0.152. The molecule has 0 radical (unpaired) electrons. The lowest BCUT2D eigenvalue weighted by Gasteiger charge is -2.39. The highest BCUT2D eigenvalue weighted by Gasteiger charge is 2.42. The lowest BCUT2D eigenvalue weighted by atomic mass is 9.77. The summed E-state index contributed by atoms with van der Waals surface area (Å²) in [5.41, 5.74) is -0.428. The molecule has 1 aromatic rings. The van der Waals surface area contributed by atoms with E-state index >= 15 is 0 Å². The van der Waals surface area contributed by atoms with Gasteiger partial charge in [-0.2, -0.15) is 5.10 Å². The molecule has 0 aromatic carbocycles. The fourth-order valence-corrected chi connectivity index (χ4v) is 2.61. The molecule has 1 atom stereocenters. The zero-order valence-electron chi connectivity index (χ0n) is 11.3. The first-order valence-electron chi connectivity index (χ1n) is 6.51. The molecule has 6 nitrogen and oxygen atoms in total. The second-order valence-electron chi connectivity index (χ2n) is 5.14. The molecule has 1 N–H and O–H groups in total. The predicted octanol–water partition coefficient (Wildman–Crippen LogP) is 1.14. The Morgan fingerprint density at radius 2 is 2.26 bits per heavy atom. The molecule has 0 bridgehead atoms. The van der Waals surface area contributed by atoms with Gasteiger partial charge >= 0.3 is 5.97 Å². The van der Waals surface area contributed by atoms with Crippen LogP contribution in [0.4, 0.5) is 0 Å². The Morgan fingerprint density at radius 3 is 2.79 bits per heavy atom. The van der Waals surface area contributed by atoms with E-state index < -0.39 is 11.4 Å². The standard InChI is InChI=1S/C13H19N3O3/c1-3-13(12(18)19)6-4-7-16(9-13)11(17)10-5-8-15(2)14-10/h5,8H,3-4,6-7,9H2,1-2H3,(H,18,19). The van der Waals surface area contributed by atoms with Crippen molar-refractivity contribution in [3.63, 3.8) is 0 Å². The number of carbonyl (C=O) groups excluding carboxylic acids is 1. The van der Waals surface area contributed by atoms with Crippen LogP contribution in [0.5, 0.6) is 0 Å². The molecule has 1 aliphatic heterocycles. The molecule has 0 aliphatic carbocycles. The van der Waals surface area contributed by atoms with Gasteiger partial charge in [-0.1, -0.05) is 6.92 Å². The van der Waals surface area contributed by atoms with Crippen LogP contribution >= 0.6 is 0 Å². The number of amides is 1. The van der Waals surface area contributed by atoms with E-state index in [0.717, 1.165) is 6.42 Å². The number of nitrogens with zero attached hydrogens (tertiary/aromatic N) is 3. The summed E-state index contributed by atoms with van der Waals surface area (Å²) in [6.45, 7) is 2.74. The smallest absolute Gasteiger partial charge is 0.311 e. The van der Waals surface area contributed by atoms with Crippen LogP contribution < -0.4 is 0 Å². The fourth-order valence-electron chi connectivity index (χ4n) is 2.61. The van der Waals surface area contributed by atoms with Crippen LogP contribution in [0.15, 0.2) is 12.3 Å². The van der Waals surface area contributed by atoms with E-state index in [-0.39, 0.29) is 12.5 Å². The third-order valence-corrected chi connectivity index (χ3v) is 3.93. The Balaban J connectivity index is 2.17. The van der Waals surface area contributed by atoms with Gasteiger partial charge in [0.1, 0.15) is 5.69 Å². The van der Waals surface area contributed by atoms with Crippen LogP contribution in [0.3, 0.4) is 0 Å². The number of rotatable bonds is 3. The van der Waals surface area contributed by atoms with E-state index in [1.165, 1.54) is 0 Å². The number of aromatic nitrogens is 2. The first-order chi connectivity index (χ1) is 8.98. The maximum Gasteiger partial charge on any atom is 0.311 e. The Hall–Kier alpha value is -1.85. The SMILES string of the molecule is CCC1(C(=O)O)CCCN(C(=O)c2ccn(C)n2)C1. The van der Waals surface area contributed by atoms with E-state index in [4.69, 9.17) is 0 Å². The highest BCUT2D eigenvalue weighted by molar-refractivity contribution is 5.92. The van der Waals surface area contributed by atoms with Gasteiger partial charge in [0, 0.05) is 26.3 Å². The van der Waals surface area contributed by atoms with Crippen molar-refractivity contribution in [1.82, 2.24) is 14.7 Å². The molecule has 19 heavy (non-hydrogen) atoms. The highest BCUT2D eigenvalue weighted by atomic mass is 16.4. The Bertz CT molecular complexity index is 497. The number of carboxylic acids is 1. The molecular weight excluding hydrogens is 246 g/mol. The molecule has 6 heteroatoms.